The van der Waals surface area contributed by atoms with Crippen molar-refractivity contribution in [3.8, 4) is 22.3 Å². The van der Waals surface area contributed by atoms with Gasteiger partial charge in [0.1, 0.15) is 0 Å². The van der Waals surface area contributed by atoms with Crippen molar-refractivity contribution in [2.75, 3.05) is 0 Å². The second kappa shape index (κ2) is 15.2. The van der Waals surface area contributed by atoms with Crippen LogP contribution in [0.2, 0.25) is 0 Å². The Balaban J connectivity index is 1.39. The summed E-state index contributed by atoms with van der Waals surface area (Å²) in [7, 11) is 0. The largest absolute Gasteiger partial charge is 0.0714 e. The summed E-state index contributed by atoms with van der Waals surface area (Å²) in [4.78, 5) is 0. The predicted octanol–water partition coefficient (Wildman–Crippen LogP) is 18.3. The summed E-state index contributed by atoms with van der Waals surface area (Å²) in [5.74, 6) is 0. The number of halogens is 2. The first-order valence-electron chi connectivity index (χ1n) is 23.7. The van der Waals surface area contributed by atoms with Gasteiger partial charge in [-0.25, -0.2) is 0 Å². The van der Waals surface area contributed by atoms with E-state index in [1.54, 1.807) is 0 Å². The molecule has 66 heavy (non-hydrogen) atoms. The van der Waals surface area contributed by atoms with Crippen LogP contribution in [0.15, 0.2) is 167 Å². The van der Waals surface area contributed by atoms with Gasteiger partial charge in [0.2, 0.25) is 0 Å². The van der Waals surface area contributed by atoms with Crippen LogP contribution in [0.4, 0.5) is 0 Å². The van der Waals surface area contributed by atoms with E-state index < -0.39 is 10.8 Å². The molecule has 0 N–H and O–H groups in total. The highest BCUT2D eigenvalue weighted by atomic mass is 79.9. The van der Waals surface area contributed by atoms with Crippen molar-refractivity contribution in [3.63, 3.8) is 0 Å². The normalized spacial score (nSPS) is 15.1. The van der Waals surface area contributed by atoms with Gasteiger partial charge >= 0.3 is 0 Å². The van der Waals surface area contributed by atoms with Gasteiger partial charge in [0.05, 0.1) is 10.8 Å². The van der Waals surface area contributed by atoms with Crippen LogP contribution in [0, 0.1) is 0 Å². The monoisotopic (exact) mass is 988 g/mol. The molecule has 0 fully saturated rings. The van der Waals surface area contributed by atoms with Gasteiger partial charge in [0.25, 0.3) is 0 Å². The lowest BCUT2D eigenvalue weighted by molar-refractivity contribution is 0.588. The zero-order chi connectivity index (χ0) is 46.9. The van der Waals surface area contributed by atoms with Gasteiger partial charge in [0.15, 0.2) is 0 Å². The molecule has 0 unspecified atom stereocenters. The highest BCUT2D eigenvalue weighted by Crippen LogP contribution is 2.63. The fourth-order valence-corrected chi connectivity index (χ4v) is 12.2. The molecule has 0 bridgehead atoms. The molecular formula is C64H62Br2. The number of hydrogen-bond acceptors (Lipinski definition) is 0. The molecule has 0 atom stereocenters. The molecule has 8 aromatic rings. The van der Waals surface area contributed by atoms with Crippen molar-refractivity contribution in [1.29, 1.82) is 0 Å². The molecule has 8 aromatic carbocycles. The maximum absolute atomic E-state index is 4.06. The molecule has 10 rings (SSSR count). The summed E-state index contributed by atoms with van der Waals surface area (Å²) in [5, 5.41) is 2.53. The lowest BCUT2D eigenvalue weighted by Crippen LogP contribution is -2.35. The average molecular weight is 991 g/mol. The molecule has 0 saturated carbocycles. The topological polar surface area (TPSA) is 0 Å². The number of fused-ring (bicyclic) bond motifs is 5. The second-order valence-corrected chi connectivity index (χ2v) is 25.0. The lowest BCUT2D eigenvalue weighted by Gasteiger charge is -2.43. The van der Waals surface area contributed by atoms with Crippen LogP contribution >= 0.6 is 31.9 Å². The van der Waals surface area contributed by atoms with Gasteiger partial charge in [-0.15, -0.1) is 0 Å². The summed E-state index contributed by atoms with van der Waals surface area (Å²) in [6.45, 7) is 27.7. The van der Waals surface area contributed by atoms with E-state index in [-0.39, 0.29) is 21.7 Å². The highest BCUT2D eigenvalue weighted by molar-refractivity contribution is 9.11. The first kappa shape index (κ1) is 44.8. The van der Waals surface area contributed by atoms with E-state index in [1.165, 1.54) is 99.8 Å². The molecule has 0 nitrogen and oxygen atoms in total. The number of hydrogen-bond donors (Lipinski definition) is 0. The van der Waals surface area contributed by atoms with E-state index in [4.69, 9.17) is 0 Å². The molecule has 0 saturated heterocycles. The standard InChI is InChI=1S/C64H62Br2/c1-59(2,3)39-16-24-43(25-17-39)63(44-26-18-40(19-27-44)60(4,5)6)53-15-13-14-50-57(66)35-34-49(58(50)53)52-38-55-51(37-56(52)63)48-33-32-47(65)36-54(48)64(55,45-28-20-41(21-29-45)61(7,8)9)46-30-22-42(23-31-46)62(10,11)12/h13-38H,1-12H3. The van der Waals surface area contributed by atoms with E-state index in [2.05, 4.69) is 273 Å². The van der Waals surface area contributed by atoms with Crippen molar-refractivity contribution in [2.24, 2.45) is 0 Å². The van der Waals surface area contributed by atoms with Crippen LogP contribution < -0.4 is 0 Å². The van der Waals surface area contributed by atoms with Crippen LogP contribution in [-0.4, -0.2) is 0 Å². The highest BCUT2D eigenvalue weighted by Gasteiger charge is 2.51. The Morgan fingerprint density at radius 3 is 1.06 bits per heavy atom. The molecule has 0 heterocycles. The van der Waals surface area contributed by atoms with E-state index in [0.717, 1.165) is 8.95 Å². The second-order valence-electron chi connectivity index (χ2n) is 23.3. The molecule has 0 radical (unpaired) electrons. The van der Waals surface area contributed by atoms with Crippen molar-refractivity contribution < 1.29 is 0 Å². The fraction of sp³-hybridized carbons (Fsp3) is 0.281. The van der Waals surface area contributed by atoms with Crippen molar-refractivity contribution in [3.05, 3.63) is 233 Å². The van der Waals surface area contributed by atoms with E-state index in [0.29, 0.717) is 0 Å². The minimum atomic E-state index is -0.645. The van der Waals surface area contributed by atoms with E-state index >= 15 is 0 Å². The summed E-state index contributed by atoms with van der Waals surface area (Å²) in [6.07, 6.45) is 0. The molecule has 0 aromatic heterocycles. The number of rotatable bonds is 4. The molecule has 0 aliphatic heterocycles. The third-order valence-corrected chi connectivity index (χ3v) is 16.2. The van der Waals surface area contributed by atoms with Gasteiger partial charge in [-0.2, -0.15) is 0 Å². The zero-order valence-electron chi connectivity index (χ0n) is 40.8. The van der Waals surface area contributed by atoms with Gasteiger partial charge in [0, 0.05) is 8.95 Å². The molecule has 2 aliphatic carbocycles. The lowest BCUT2D eigenvalue weighted by atomic mass is 9.58. The van der Waals surface area contributed by atoms with E-state index in [1.807, 2.05) is 0 Å². The maximum Gasteiger partial charge on any atom is 0.0714 e. The van der Waals surface area contributed by atoms with Crippen LogP contribution in [0.25, 0.3) is 33.0 Å². The van der Waals surface area contributed by atoms with Gasteiger partial charge in [-0.05, 0) is 152 Å². The molecule has 332 valence electrons. The van der Waals surface area contributed by atoms with Gasteiger partial charge < -0.3 is 0 Å². The Labute approximate surface area is 411 Å². The van der Waals surface area contributed by atoms with Gasteiger partial charge in [-0.3, -0.25) is 0 Å². The third kappa shape index (κ3) is 6.78. The first-order valence-corrected chi connectivity index (χ1v) is 25.3. The fourth-order valence-electron chi connectivity index (χ4n) is 11.4. The first-order chi connectivity index (χ1) is 31.0. The average Bonchev–Trinajstić information content (AvgIpc) is 3.55. The molecule has 2 aliphatic rings. The molecular weight excluding hydrogens is 929 g/mol. The Kier molecular flexibility index (Phi) is 10.3. The Bertz CT molecular complexity index is 3070. The molecule has 0 amide bonds. The molecule has 0 spiro atoms. The van der Waals surface area contributed by atoms with Crippen LogP contribution in [0.1, 0.15) is 150 Å². The minimum absolute atomic E-state index is 0.0142. The van der Waals surface area contributed by atoms with Crippen LogP contribution in [0.5, 0.6) is 0 Å². The predicted molar refractivity (Wildman–Crippen MR) is 289 cm³/mol. The van der Waals surface area contributed by atoms with E-state index in [9.17, 15) is 0 Å². The Hall–Kier alpha value is -5.02. The summed E-state index contributed by atoms with van der Waals surface area (Å²) >= 11 is 8.07. The Morgan fingerprint density at radius 2 is 0.667 bits per heavy atom. The third-order valence-electron chi connectivity index (χ3n) is 15.1. The summed E-state index contributed by atoms with van der Waals surface area (Å²) in [6, 6.07) is 62.3. The van der Waals surface area contributed by atoms with Crippen LogP contribution in [-0.2, 0) is 32.5 Å². The smallest absolute Gasteiger partial charge is 0.0613 e. The van der Waals surface area contributed by atoms with Crippen LogP contribution in [0.3, 0.4) is 0 Å². The summed E-state index contributed by atoms with van der Waals surface area (Å²) in [5.41, 5.74) is 19.6. The SMILES string of the molecule is CC(C)(C)c1ccc(C2(c3ccc(C(C)(C)C)cc3)c3cc(Br)ccc3-c3cc4c(cc32)-c2ccc(Br)c3cccc(c23)C4(c2ccc(C(C)(C)C)cc2)c2ccc(C(C)(C)C)cc2)cc1. The summed E-state index contributed by atoms with van der Waals surface area (Å²) < 4.78 is 2.19. The zero-order valence-corrected chi connectivity index (χ0v) is 43.9. The van der Waals surface area contributed by atoms with Crippen molar-refractivity contribution >= 4 is 42.6 Å². The maximum atomic E-state index is 4.06. The van der Waals surface area contributed by atoms with Crippen molar-refractivity contribution in [2.45, 2.75) is 116 Å². The number of benzene rings is 8. The minimum Gasteiger partial charge on any atom is -0.0613 e. The molecule has 2 heteroatoms. The van der Waals surface area contributed by atoms with Crippen molar-refractivity contribution in [1.82, 2.24) is 0 Å². The quantitative estimate of drug-likeness (QED) is 0.165. The Morgan fingerprint density at radius 1 is 0.318 bits per heavy atom. The van der Waals surface area contributed by atoms with Gasteiger partial charge in [-0.1, -0.05) is 242 Å².